The van der Waals surface area contributed by atoms with Gasteiger partial charge >= 0.3 is 0 Å². The molecule has 0 aliphatic rings. The van der Waals surface area contributed by atoms with Gasteiger partial charge in [-0.1, -0.05) is 30.0 Å². The molecule has 0 unspecified atom stereocenters. The molecule has 0 bridgehead atoms. The van der Waals surface area contributed by atoms with Crippen LogP contribution in [0.15, 0.2) is 58.6 Å². The van der Waals surface area contributed by atoms with Crippen LogP contribution in [-0.2, 0) is 15.8 Å². The molecule has 0 amide bonds. The summed E-state index contributed by atoms with van der Waals surface area (Å²) in [6, 6.07) is 15.1. The van der Waals surface area contributed by atoms with Gasteiger partial charge in [-0.2, -0.15) is 10.4 Å². The van der Waals surface area contributed by atoms with Gasteiger partial charge in [0.1, 0.15) is 11.0 Å². The predicted molar refractivity (Wildman–Crippen MR) is 108 cm³/mol. The van der Waals surface area contributed by atoms with Crippen molar-refractivity contribution in [1.82, 2.24) is 19.1 Å². The molecule has 9 heteroatoms. The topological polar surface area (TPSA) is 91.9 Å². The van der Waals surface area contributed by atoms with Crippen LogP contribution in [0.4, 0.5) is 0 Å². The maximum absolute atomic E-state index is 12.1. The second kappa shape index (κ2) is 8.14. The molecular formula is C19H19N5O2S2. The number of para-hydroxylation sites is 1. The quantitative estimate of drug-likeness (QED) is 0.577. The first kappa shape index (κ1) is 20.1. The summed E-state index contributed by atoms with van der Waals surface area (Å²) in [6.07, 6.45) is 1.35. The van der Waals surface area contributed by atoms with Crippen molar-refractivity contribution < 1.29 is 8.42 Å². The predicted octanol–water partition coefficient (Wildman–Crippen LogP) is 2.99. The van der Waals surface area contributed by atoms with Gasteiger partial charge < -0.3 is 0 Å². The summed E-state index contributed by atoms with van der Waals surface area (Å²) in [6.45, 7) is 1.81. The number of thioether (sulfide) groups is 1. The Hall–Kier alpha value is -2.67. The van der Waals surface area contributed by atoms with E-state index < -0.39 is 10.0 Å². The number of rotatable bonds is 6. The summed E-state index contributed by atoms with van der Waals surface area (Å²) in [7, 11) is -0.545. The molecule has 144 valence electrons. The fourth-order valence-corrected chi connectivity index (χ4v) is 4.28. The molecule has 2 aromatic heterocycles. The van der Waals surface area contributed by atoms with Crippen molar-refractivity contribution >= 4 is 21.8 Å². The number of aryl methyl sites for hydroxylation is 1. The van der Waals surface area contributed by atoms with E-state index >= 15 is 0 Å². The molecule has 3 rings (SSSR count). The van der Waals surface area contributed by atoms with Crippen LogP contribution in [-0.4, -0.2) is 41.6 Å². The van der Waals surface area contributed by atoms with Crippen molar-refractivity contribution in [2.24, 2.45) is 0 Å². The number of benzene rings is 1. The first-order valence-corrected chi connectivity index (χ1v) is 10.8. The van der Waals surface area contributed by atoms with E-state index in [1.807, 2.05) is 37.3 Å². The van der Waals surface area contributed by atoms with Crippen LogP contribution >= 0.6 is 11.8 Å². The third kappa shape index (κ3) is 3.94. The molecule has 0 fully saturated rings. The second-order valence-corrected chi connectivity index (χ2v) is 9.32. The van der Waals surface area contributed by atoms with Crippen molar-refractivity contribution in [2.75, 3.05) is 14.1 Å². The van der Waals surface area contributed by atoms with Gasteiger partial charge in [0.05, 0.1) is 27.7 Å². The fourth-order valence-electron chi connectivity index (χ4n) is 2.59. The highest BCUT2D eigenvalue weighted by Crippen LogP contribution is 2.27. The van der Waals surface area contributed by atoms with Crippen LogP contribution in [0.25, 0.3) is 5.69 Å². The first-order valence-electron chi connectivity index (χ1n) is 8.40. The second-order valence-electron chi connectivity index (χ2n) is 6.17. The molecule has 28 heavy (non-hydrogen) atoms. The van der Waals surface area contributed by atoms with E-state index in [0.29, 0.717) is 22.0 Å². The number of nitriles is 1. The third-order valence-corrected chi connectivity index (χ3v) is 6.87. The maximum atomic E-state index is 12.1. The lowest BCUT2D eigenvalue weighted by atomic mass is 10.2. The van der Waals surface area contributed by atoms with Gasteiger partial charge in [0.25, 0.3) is 0 Å². The zero-order valence-electron chi connectivity index (χ0n) is 15.7. The Morgan fingerprint density at radius 2 is 1.89 bits per heavy atom. The van der Waals surface area contributed by atoms with Crippen LogP contribution in [0.3, 0.4) is 0 Å². The van der Waals surface area contributed by atoms with Crippen molar-refractivity contribution in [3.05, 3.63) is 65.6 Å². The van der Waals surface area contributed by atoms with E-state index in [9.17, 15) is 13.7 Å². The summed E-state index contributed by atoms with van der Waals surface area (Å²) in [4.78, 5) is 4.39. The normalized spacial score (nSPS) is 11.5. The number of hydrogen-bond acceptors (Lipinski definition) is 6. The summed E-state index contributed by atoms with van der Waals surface area (Å²) < 4.78 is 27.2. The summed E-state index contributed by atoms with van der Waals surface area (Å²) in [5.41, 5.74) is 2.87. The number of hydrogen-bond donors (Lipinski definition) is 0. The number of nitrogens with zero attached hydrogens (tertiary/aromatic N) is 5. The Balaban J connectivity index is 1.86. The smallest absolute Gasteiger partial charge is 0.244 e. The molecule has 1 aromatic carbocycles. The molecule has 0 N–H and O–H groups in total. The van der Waals surface area contributed by atoms with Crippen LogP contribution < -0.4 is 0 Å². The molecule has 0 radical (unpaired) electrons. The summed E-state index contributed by atoms with van der Waals surface area (Å²) in [5.74, 6) is 0.478. The molecule has 0 saturated carbocycles. The van der Waals surface area contributed by atoms with Gasteiger partial charge in [0, 0.05) is 26.0 Å². The fraction of sp³-hybridized carbons (Fsp3) is 0.211. The Kier molecular flexibility index (Phi) is 5.84. The largest absolute Gasteiger partial charge is 0.249 e. The molecule has 0 saturated heterocycles. The zero-order chi connectivity index (χ0) is 20.3. The van der Waals surface area contributed by atoms with Gasteiger partial charge in [-0.25, -0.2) is 22.4 Å². The minimum atomic E-state index is -3.51. The van der Waals surface area contributed by atoms with Crippen molar-refractivity contribution in [2.45, 2.75) is 22.6 Å². The molecule has 0 spiro atoms. The van der Waals surface area contributed by atoms with Gasteiger partial charge in [0.15, 0.2) is 0 Å². The molecule has 3 aromatic rings. The van der Waals surface area contributed by atoms with Gasteiger partial charge in [-0.15, -0.1) is 0 Å². The van der Waals surface area contributed by atoms with Crippen LogP contribution in [0, 0.1) is 18.3 Å². The molecule has 0 aliphatic heterocycles. The lowest BCUT2D eigenvalue weighted by Crippen LogP contribution is -2.22. The maximum Gasteiger partial charge on any atom is 0.244 e. The lowest BCUT2D eigenvalue weighted by molar-refractivity contribution is 0.520. The van der Waals surface area contributed by atoms with Crippen LogP contribution in [0.2, 0.25) is 0 Å². The van der Waals surface area contributed by atoms with E-state index in [1.54, 1.807) is 10.7 Å². The van der Waals surface area contributed by atoms with E-state index in [0.717, 1.165) is 15.7 Å². The minimum absolute atomic E-state index is 0.143. The highest BCUT2D eigenvalue weighted by atomic mass is 32.2. The number of aromatic nitrogens is 3. The highest BCUT2D eigenvalue weighted by Gasteiger charge is 2.19. The Labute approximate surface area is 168 Å². The first-order chi connectivity index (χ1) is 13.3. The van der Waals surface area contributed by atoms with Crippen LogP contribution in [0.5, 0.6) is 0 Å². The molecule has 0 atom stereocenters. The molecule has 2 heterocycles. The summed E-state index contributed by atoms with van der Waals surface area (Å²) in [5, 5.41) is 14.7. The Morgan fingerprint density at radius 3 is 2.46 bits per heavy atom. The van der Waals surface area contributed by atoms with E-state index in [-0.39, 0.29) is 4.90 Å². The average Bonchev–Trinajstić information content (AvgIpc) is 3.02. The van der Waals surface area contributed by atoms with Gasteiger partial charge in [-0.05, 0) is 31.2 Å². The third-order valence-electron chi connectivity index (χ3n) is 4.11. The minimum Gasteiger partial charge on any atom is -0.249 e. The Bertz CT molecular complexity index is 1120. The molecular weight excluding hydrogens is 394 g/mol. The average molecular weight is 414 g/mol. The van der Waals surface area contributed by atoms with Crippen molar-refractivity contribution in [3.63, 3.8) is 0 Å². The highest BCUT2D eigenvalue weighted by molar-refractivity contribution is 7.98. The standard InChI is InChI=1S/C19H19N5O2S2/c1-14-17(11-20)18(24(22-14)15-7-5-4-6-8-15)13-27-19-10-9-16(12-21-19)28(25,26)23(2)3/h4-10,12H,13H2,1-3H3. The molecule has 7 nitrogen and oxygen atoms in total. The monoisotopic (exact) mass is 413 g/mol. The summed E-state index contributed by atoms with van der Waals surface area (Å²) >= 11 is 1.42. The van der Waals surface area contributed by atoms with E-state index in [1.165, 1.54) is 38.1 Å². The Morgan fingerprint density at radius 1 is 1.18 bits per heavy atom. The van der Waals surface area contributed by atoms with Crippen molar-refractivity contribution in [1.29, 1.82) is 5.26 Å². The SMILES string of the molecule is Cc1nn(-c2ccccc2)c(CSc2ccc(S(=O)(=O)N(C)C)cn2)c1C#N. The van der Waals surface area contributed by atoms with Gasteiger partial charge in [-0.3, -0.25) is 0 Å². The zero-order valence-corrected chi connectivity index (χ0v) is 17.3. The van der Waals surface area contributed by atoms with Crippen LogP contribution in [0.1, 0.15) is 17.0 Å². The van der Waals surface area contributed by atoms with Gasteiger partial charge in [0.2, 0.25) is 10.0 Å². The number of pyridine rings is 1. The lowest BCUT2D eigenvalue weighted by Gasteiger charge is -2.11. The van der Waals surface area contributed by atoms with E-state index in [2.05, 4.69) is 16.2 Å². The van der Waals surface area contributed by atoms with Crippen molar-refractivity contribution in [3.8, 4) is 11.8 Å². The number of sulfonamides is 1. The van der Waals surface area contributed by atoms with E-state index in [4.69, 9.17) is 0 Å². The molecule has 0 aliphatic carbocycles.